The highest BCUT2D eigenvalue weighted by Gasteiger charge is 2.18. The van der Waals surface area contributed by atoms with Gasteiger partial charge < -0.3 is 20.9 Å². The van der Waals surface area contributed by atoms with E-state index >= 15 is 0 Å². The minimum Gasteiger partial charge on any atom is -0.507 e. The predicted octanol–water partition coefficient (Wildman–Crippen LogP) is 1.27. The summed E-state index contributed by atoms with van der Waals surface area (Å²) in [4.78, 5) is 14.0. The number of amides is 1. The molecule has 0 saturated heterocycles. The molecule has 0 spiro atoms. The molecular weight excluding hydrogens is 346 g/mol. The van der Waals surface area contributed by atoms with Gasteiger partial charge in [-0.05, 0) is 41.8 Å². The van der Waals surface area contributed by atoms with Gasteiger partial charge in [0.1, 0.15) is 5.75 Å². The van der Waals surface area contributed by atoms with E-state index in [1.807, 2.05) is 0 Å². The van der Waals surface area contributed by atoms with E-state index in [1.54, 1.807) is 24.3 Å². The summed E-state index contributed by atoms with van der Waals surface area (Å²) in [6, 6.07) is 9.89. The Labute approximate surface area is 143 Å². The van der Waals surface area contributed by atoms with Gasteiger partial charge in [-0.3, -0.25) is 9.52 Å². The van der Waals surface area contributed by atoms with Crippen LogP contribution in [0.2, 0.25) is 0 Å². The molecular formula is C16H15N3O5S. The van der Waals surface area contributed by atoms with Crippen LogP contribution in [0.5, 0.6) is 5.75 Å². The number of phenols is 1. The Morgan fingerprint density at radius 2 is 1.92 bits per heavy atom. The van der Waals surface area contributed by atoms with Crippen LogP contribution in [0.25, 0.3) is 10.9 Å². The number of aliphatic hydroxyl groups excluding tert-OH is 1. The number of sulfonamides is 1. The largest absolute Gasteiger partial charge is 0.507 e. The van der Waals surface area contributed by atoms with Crippen molar-refractivity contribution in [1.29, 1.82) is 0 Å². The fourth-order valence-electron chi connectivity index (χ4n) is 2.43. The molecule has 0 saturated carbocycles. The molecule has 0 aliphatic heterocycles. The van der Waals surface area contributed by atoms with Crippen molar-refractivity contribution in [2.75, 3.05) is 4.72 Å². The van der Waals surface area contributed by atoms with Crippen LogP contribution in [0.3, 0.4) is 0 Å². The van der Waals surface area contributed by atoms with E-state index in [1.165, 1.54) is 6.07 Å². The van der Waals surface area contributed by atoms with Crippen molar-refractivity contribution in [3.63, 3.8) is 0 Å². The summed E-state index contributed by atoms with van der Waals surface area (Å²) in [7, 11) is -3.99. The maximum atomic E-state index is 12.5. The number of aromatic amines is 1. The zero-order valence-corrected chi connectivity index (χ0v) is 13.7. The summed E-state index contributed by atoms with van der Waals surface area (Å²) < 4.78 is 27.4. The molecule has 0 unspecified atom stereocenters. The Bertz CT molecular complexity index is 1070. The topological polar surface area (TPSA) is 146 Å². The van der Waals surface area contributed by atoms with Gasteiger partial charge in [0.15, 0.2) is 0 Å². The highest BCUT2D eigenvalue weighted by atomic mass is 32.2. The number of primary amides is 1. The van der Waals surface area contributed by atoms with E-state index in [-0.39, 0.29) is 17.1 Å². The lowest BCUT2D eigenvalue weighted by molar-refractivity contribution is 0.0997. The van der Waals surface area contributed by atoms with Gasteiger partial charge in [-0.15, -0.1) is 0 Å². The quantitative estimate of drug-likeness (QED) is 0.464. The number of H-pyrrole nitrogens is 1. The average Bonchev–Trinajstić information content (AvgIpc) is 2.96. The van der Waals surface area contributed by atoms with Crippen molar-refractivity contribution < 1.29 is 23.4 Å². The lowest BCUT2D eigenvalue weighted by atomic mass is 10.2. The third-order valence-electron chi connectivity index (χ3n) is 3.64. The van der Waals surface area contributed by atoms with Gasteiger partial charge in [-0.25, -0.2) is 8.42 Å². The first kappa shape index (κ1) is 16.8. The summed E-state index contributed by atoms with van der Waals surface area (Å²) in [6.45, 7) is -0.154. The first-order chi connectivity index (χ1) is 11.8. The molecule has 0 aliphatic rings. The minimum atomic E-state index is -3.99. The summed E-state index contributed by atoms with van der Waals surface area (Å²) in [5.74, 6) is -1.32. The SMILES string of the molecule is NC(=O)c1cc(S(=O)(=O)Nc2ccc3cc(CO)[nH]c3c2)ccc1O. The third-order valence-corrected chi connectivity index (χ3v) is 5.02. The van der Waals surface area contributed by atoms with Crippen LogP contribution in [0, 0.1) is 0 Å². The van der Waals surface area contributed by atoms with E-state index in [9.17, 15) is 18.3 Å². The summed E-state index contributed by atoms with van der Waals surface area (Å²) >= 11 is 0. The number of nitrogens with two attached hydrogens (primary N) is 1. The molecule has 0 atom stereocenters. The van der Waals surface area contributed by atoms with Gasteiger partial charge in [0.05, 0.1) is 22.8 Å². The Balaban J connectivity index is 1.96. The first-order valence-corrected chi connectivity index (χ1v) is 8.66. The number of benzene rings is 2. The van der Waals surface area contributed by atoms with E-state index < -0.39 is 21.7 Å². The van der Waals surface area contributed by atoms with Crippen LogP contribution in [-0.2, 0) is 16.6 Å². The maximum Gasteiger partial charge on any atom is 0.261 e. The van der Waals surface area contributed by atoms with Gasteiger partial charge in [-0.1, -0.05) is 6.07 Å². The van der Waals surface area contributed by atoms with Crippen molar-refractivity contribution in [2.24, 2.45) is 5.73 Å². The van der Waals surface area contributed by atoms with Gasteiger partial charge >= 0.3 is 0 Å². The predicted molar refractivity (Wildman–Crippen MR) is 91.7 cm³/mol. The molecule has 9 heteroatoms. The fourth-order valence-corrected chi connectivity index (χ4v) is 3.50. The summed E-state index contributed by atoms with van der Waals surface area (Å²) in [5, 5.41) is 19.5. The molecule has 3 aromatic rings. The minimum absolute atomic E-state index is 0.154. The van der Waals surface area contributed by atoms with Crippen LogP contribution in [0.15, 0.2) is 47.4 Å². The lowest BCUT2D eigenvalue weighted by Crippen LogP contribution is -2.16. The standard InChI is InChI=1S/C16H15N3O5S/c17-16(22)13-7-12(3-4-15(13)21)25(23,24)19-10-2-1-9-5-11(8-20)18-14(9)6-10/h1-7,18-21H,8H2,(H2,17,22). The number of fused-ring (bicyclic) bond motifs is 1. The second-order valence-corrected chi connectivity index (χ2v) is 7.09. The monoisotopic (exact) mass is 361 g/mol. The van der Waals surface area contributed by atoms with E-state index in [0.29, 0.717) is 16.9 Å². The Morgan fingerprint density at radius 1 is 1.16 bits per heavy atom. The summed E-state index contributed by atoms with van der Waals surface area (Å²) in [5.41, 5.74) is 6.41. The van der Waals surface area contributed by atoms with Crippen molar-refractivity contribution >= 4 is 32.5 Å². The number of carbonyl (C=O) groups excluding carboxylic acids is 1. The van der Waals surface area contributed by atoms with Crippen LogP contribution < -0.4 is 10.5 Å². The second-order valence-electron chi connectivity index (χ2n) is 5.40. The Kier molecular flexibility index (Phi) is 4.11. The molecule has 8 nitrogen and oxygen atoms in total. The molecule has 0 aliphatic carbocycles. The maximum absolute atomic E-state index is 12.5. The number of anilines is 1. The normalized spacial score (nSPS) is 11.6. The Hall–Kier alpha value is -3.04. The number of aromatic nitrogens is 1. The highest BCUT2D eigenvalue weighted by molar-refractivity contribution is 7.92. The number of aliphatic hydroxyl groups is 1. The number of aromatic hydroxyl groups is 1. The van der Waals surface area contributed by atoms with Crippen molar-refractivity contribution in [2.45, 2.75) is 11.5 Å². The number of rotatable bonds is 5. The van der Waals surface area contributed by atoms with Crippen LogP contribution in [0.4, 0.5) is 5.69 Å². The number of hydrogen-bond donors (Lipinski definition) is 5. The van der Waals surface area contributed by atoms with Gasteiger partial charge in [-0.2, -0.15) is 0 Å². The molecule has 2 aromatic carbocycles. The van der Waals surface area contributed by atoms with Gasteiger partial charge in [0.25, 0.3) is 15.9 Å². The summed E-state index contributed by atoms with van der Waals surface area (Å²) in [6.07, 6.45) is 0. The molecule has 0 fully saturated rings. The lowest BCUT2D eigenvalue weighted by Gasteiger charge is -2.10. The molecule has 0 radical (unpaired) electrons. The molecule has 6 N–H and O–H groups in total. The zero-order valence-electron chi connectivity index (χ0n) is 12.9. The van der Waals surface area contributed by atoms with Crippen LogP contribution >= 0.6 is 0 Å². The highest BCUT2D eigenvalue weighted by Crippen LogP contribution is 2.25. The molecule has 1 heterocycles. The van der Waals surface area contributed by atoms with Gasteiger partial charge in [0.2, 0.25) is 0 Å². The van der Waals surface area contributed by atoms with Crippen molar-refractivity contribution in [3.8, 4) is 5.75 Å². The third kappa shape index (κ3) is 3.28. The van der Waals surface area contributed by atoms with Crippen LogP contribution in [0.1, 0.15) is 16.1 Å². The fraction of sp³-hybridized carbons (Fsp3) is 0.0625. The smallest absolute Gasteiger partial charge is 0.261 e. The first-order valence-electron chi connectivity index (χ1n) is 7.18. The molecule has 130 valence electrons. The van der Waals surface area contributed by atoms with E-state index in [4.69, 9.17) is 10.8 Å². The molecule has 1 aromatic heterocycles. The molecule has 3 rings (SSSR count). The van der Waals surface area contributed by atoms with Crippen molar-refractivity contribution in [1.82, 2.24) is 4.98 Å². The second kappa shape index (κ2) is 6.11. The molecule has 25 heavy (non-hydrogen) atoms. The molecule has 0 bridgehead atoms. The van der Waals surface area contributed by atoms with E-state index in [2.05, 4.69) is 9.71 Å². The number of nitrogens with one attached hydrogen (secondary N) is 2. The Morgan fingerprint density at radius 3 is 2.60 bits per heavy atom. The number of hydrogen-bond acceptors (Lipinski definition) is 5. The van der Waals surface area contributed by atoms with Gasteiger partial charge in [0, 0.05) is 11.2 Å². The zero-order chi connectivity index (χ0) is 18.2. The van der Waals surface area contributed by atoms with Crippen LogP contribution in [-0.4, -0.2) is 29.5 Å². The van der Waals surface area contributed by atoms with E-state index in [0.717, 1.165) is 17.5 Å². The molecule has 1 amide bonds. The average molecular weight is 361 g/mol. The number of carbonyl (C=O) groups is 1. The van der Waals surface area contributed by atoms with Crippen molar-refractivity contribution in [3.05, 3.63) is 53.7 Å².